The van der Waals surface area contributed by atoms with Crippen molar-refractivity contribution in [2.45, 2.75) is 24.0 Å². The number of halogens is 1. The Hall–Kier alpha value is -0.260. The number of nitrogens with two attached hydrogens (primary N) is 1. The van der Waals surface area contributed by atoms with Crippen LogP contribution in [0.5, 0.6) is 0 Å². The summed E-state index contributed by atoms with van der Waals surface area (Å²) in [6.45, 7) is 1.66. The third-order valence-corrected chi connectivity index (χ3v) is 3.77. The van der Waals surface area contributed by atoms with Gasteiger partial charge < -0.3 is 15.9 Å². The largest absolute Gasteiger partial charge is 0.394 e. The summed E-state index contributed by atoms with van der Waals surface area (Å²) in [5, 5.41) is 18.5. The van der Waals surface area contributed by atoms with Gasteiger partial charge in [0.1, 0.15) is 0 Å². The van der Waals surface area contributed by atoms with E-state index in [-0.39, 0.29) is 12.6 Å². The molecule has 0 fully saturated rings. The minimum Gasteiger partial charge on any atom is -0.394 e. The zero-order valence-corrected chi connectivity index (χ0v) is 10.6. The molecule has 0 heterocycles. The summed E-state index contributed by atoms with van der Waals surface area (Å²) in [4.78, 5) is 0.888. The Kier molecular flexibility index (Phi) is 5.58. The Balaban J connectivity index is 2.68. The first-order valence-electron chi connectivity index (χ1n) is 5.01. The van der Waals surface area contributed by atoms with Crippen molar-refractivity contribution in [1.82, 2.24) is 0 Å². The van der Waals surface area contributed by atoms with Crippen molar-refractivity contribution < 1.29 is 10.2 Å². The molecule has 0 aliphatic heterocycles. The molecule has 5 heteroatoms. The van der Waals surface area contributed by atoms with Gasteiger partial charge in [-0.05, 0) is 24.6 Å². The van der Waals surface area contributed by atoms with Crippen LogP contribution in [0.2, 0.25) is 5.02 Å². The SMILES string of the molecule is C[C@H](N)c1ccc(SCC(O)CO)c(Cl)c1. The summed E-state index contributed by atoms with van der Waals surface area (Å²) in [5.74, 6) is 0.424. The predicted octanol–water partition coefficient (Wildman–Crippen LogP) is 1.81. The molecule has 90 valence electrons. The summed E-state index contributed by atoms with van der Waals surface area (Å²) in [7, 11) is 0. The monoisotopic (exact) mass is 261 g/mol. The van der Waals surface area contributed by atoms with E-state index in [4.69, 9.17) is 22.4 Å². The van der Waals surface area contributed by atoms with Gasteiger partial charge >= 0.3 is 0 Å². The van der Waals surface area contributed by atoms with Crippen molar-refractivity contribution >= 4 is 23.4 Å². The summed E-state index contributed by atoms with van der Waals surface area (Å²) in [6, 6.07) is 5.60. The molecule has 1 unspecified atom stereocenters. The van der Waals surface area contributed by atoms with Crippen molar-refractivity contribution in [1.29, 1.82) is 0 Å². The average molecular weight is 262 g/mol. The number of aliphatic hydroxyl groups is 2. The zero-order chi connectivity index (χ0) is 12.1. The molecule has 1 aromatic rings. The summed E-state index contributed by atoms with van der Waals surface area (Å²) in [5.41, 5.74) is 6.72. The Bertz CT molecular complexity index is 347. The second-order valence-electron chi connectivity index (χ2n) is 3.63. The minimum absolute atomic E-state index is 0.0421. The standard InChI is InChI=1S/C11H16ClNO2S/c1-7(13)8-2-3-11(10(12)4-8)16-6-9(15)5-14/h2-4,7,9,14-15H,5-6,13H2,1H3/t7-,9?/m0/s1. The van der Waals surface area contributed by atoms with E-state index in [0.29, 0.717) is 10.8 Å². The molecule has 1 rings (SSSR count). The fourth-order valence-electron chi connectivity index (χ4n) is 1.16. The molecule has 0 amide bonds. The number of thioether (sulfide) groups is 1. The van der Waals surface area contributed by atoms with E-state index < -0.39 is 6.10 Å². The van der Waals surface area contributed by atoms with Crippen LogP contribution < -0.4 is 5.73 Å². The van der Waals surface area contributed by atoms with Crippen LogP contribution in [0.4, 0.5) is 0 Å². The highest BCUT2D eigenvalue weighted by atomic mass is 35.5. The molecule has 0 aliphatic rings. The van der Waals surface area contributed by atoms with Gasteiger partial charge in [0.05, 0.1) is 17.7 Å². The molecule has 0 saturated carbocycles. The highest BCUT2D eigenvalue weighted by Crippen LogP contribution is 2.29. The van der Waals surface area contributed by atoms with Gasteiger partial charge in [-0.2, -0.15) is 0 Å². The molecule has 3 nitrogen and oxygen atoms in total. The lowest BCUT2D eigenvalue weighted by atomic mass is 10.1. The van der Waals surface area contributed by atoms with E-state index in [1.54, 1.807) is 0 Å². The van der Waals surface area contributed by atoms with Gasteiger partial charge in [-0.25, -0.2) is 0 Å². The average Bonchev–Trinajstić information content (AvgIpc) is 2.26. The van der Waals surface area contributed by atoms with Crippen molar-refractivity contribution in [2.24, 2.45) is 5.73 Å². The van der Waals surface area contributed by atoms with Crippen molar-refractivity contribution in [3.63, 3.8) is 0 Å². The Morgan fingerprint density at radius 2 is 2.19 bits per heavy atom. The minimum atomic E-state index is -0.714. The van der Waals surface area contributed by atoms with E-state index in [2.05, 4.69) is 0 Å². The highest BCUT2D eigenvalue weighted by molar-refractivity contribution is 7.99. The van der Waals surface area contributed by atoms with Crippen LogP contribution in [-0.4, -0.2) is 28.7 Å². The Labute approximate surface area is 105 Å². The fraction of sp³-hybridized carbons (Fsp3) is 0.455. The van der Waals surface area contributed by atoms with Crippen LogP contribution in [0.3, 0.4) is 0 Å². The maximum atomic E-state index is 9.22. The van der Waals surface area contributed by atoms with Crippen LogP contribution in [0, 0.1) is 0 Å². The summed E-state index contributed by atoms with van der Waals surface area (Å²) >= 11 is 7.50. The second kappa shape index (κ2) is 6.47. The second-order valence-corrected chi connectivity index (χ2v) is 5.09. The van der Waals surface area contributed by atoms with Gasteiger partial charge in [-0.1, -0.05) is 17.7 Å². The van der Waals surface area contributed by atoms with Crippen molar-refractivity contribution in [3.05, 3.63) is 28.8 Å². The fourth-order valence-corrected chi connectivity index (χ4v) is 2.35. The molecule has 0 spiro atoms. The quantitative estimate of drug-likeness (QED) is 0.708. The first-order chi connectivity index (χ1) is 7.54. The normalized spacial score (nSPS) is 14.8. The molecule has 2 atom stereocenters. The first-order valence-corrected chi connectivity index (χ1v) is 6.37. The molecule has 0 saturated heterocycles. The predicted molar refractivity (Wildman–Crippen MR) is 67.9 cm³/mol. The van der Waals surface area contributed by atoms with Gasteiger partial charge in [-0.15, -0.1) is 11.8 Å². The Morgan fingerprint density at radius 3 is 2.69 bits per heavy atom. The van der Waals surface area contributed by atoms with Gasteiger partial charge in [-0.3, -0.25) is 0 Å². The lowest BCUT2D eigenvalue weighted by Crippen LogP contribution is -2.14. The zero-order valence-electron chi connectivity index (χ0n) is 9.06. The molecule has 0 radical (unpaired) electrons. The molecule has 0 bridgehead atoms. The molecular weight excluding hydrogens is 246 g/mol. The molecule has 1 aromatic carbocycles. The smallest absolute Gasteiger partial charge is 0.0864 e. The van der Waals surface area contributed by atoms with Crippen LogP contribution in [0.25, 0.3) is 0 Å². The van der Waals surface area contributed by atoms with E-state index in [9.17, 15) is 5.11 Å². The van der Waals surface area contributed by atoms with Gasteiger partial charge in [0, 0.05) is 16.7 Å². The van der Waals surface area contributed by atoms with E-state index >= 15 is 0 Å². The number of hydrogen-bond donors (Lipinski definition) is 3. The maximum absolute atomic E-state index is 9.22. The first kappa shape index (κ1) is 13.8. The molecule has 0 aliphatic carbocycles. The molecule has 16 heavy (non-hydrogen) atoms. The van der Waals surface area contributed by atoms with Gasteiger partial charge in [0.25, 0.3) is 0 Å². The van der Waals surface area contributed by atoms with E-state index in [0.717, 1.165) is 10.5 Å². The maximum Gasteiger partial charge on any atom is 0.0864 e. The van der Waals surface area contributed by atoms with Gasteiger partial charge in [0.2, 0.25) is 0 Å². The lowest BCUT2D eigenvalue weighted by Gasteiger charge is -2.10. The molecule has 4 N–H and O–H groups in total. The van der Waals surface area contributed by atoms with Crippen LogP contribution in [-0.2, 0) is 0 Å². The van der Waals surface area contributed by atoms with E-state index in [1.165, 1.54) is 11.8 Å². The number of aliphatic hydroxyl groups excluding tert-OH is 2. The van der Waals surface area contributed by atoms with Crippen LogP contribution in [0.1, 0.15) is 18.5 Å². The molecule has 0 aromatic heterocycles. The van der Waals surface area contributed by atoms with Crippen molar-refractivity contribution in [3.8, 4) is 0 Å². The molecular formula is C11H16ClNO2S. The van der Waals surface area contributed by atoms with Crippen molar-refractivity contribution in [2.75, 3.05) is 12.4 Å². The number of hydrogen-bond acceptors (Lipinski definition) is 4. The van der Waals surface area contributed by atoms with Crippen LogP contribution in [0.15, 0.2) is 23.1 Å². The Morgan fingerprint density at radius 1 is 1.50 bits per heavy atom. The summed E-state index contributed by atoms with van der Waals surface area (Å²) < 4.78 is 0. The van der Waals surface area contributed by atoms with Gasteiger partial charge in [0.15, 0.2) is 0 Å². The topological polar surface area (TPSA) is 66.5 Å². The summed E-state index contributed by atoms with van der Waals surface area (Å²) in [6.07, 6.45) is -0.714. The third-order valence-electron chi connectivity index (χ3n) is 2.12. The number of rotatable bonds is 5. The third kappa shape index (κ3) is 3.96. The van der Waals surface area contributed by atoms with E-state index in [1.807, 2.05) is 25.1 Å². The van der Waals surface area contributed by atoms with Crippen LogP contribution >= 0.6 is 23.4 Å². The number of benzene rings is 1. The lowest BCUT2D eigenvalue weighted by molar-refractivity contribution is 0.113. The highest BCUT2D eigenvalue weighted by Gasteiger charge is 2.08.